The van der Waals surface area contributed by atoms with Crippen molar-refractivity contribution in [3.05, 3.63) is 90.1 Å². The molecule has 0 radical (unpaired) electrons. The Morgan fingerprint density at radius 1 is 0.815 bits per heavy atom. The van der Waals surface area contributed by atoms with Gasteiger partial charge in [-0.1, -0.05) is 54.1 Å². The fourth-order valence-corrected chi connectivity index (χ4v) is 4.15. The summed E-state index contributed by atoms with van der Waals surface area (Å²) in [5.74, 6) is 0. The maximum atomic E-state index is 12.7. The zero-order chi connectivity index (χ0) is 18.9. The summed E-state index contributed by atoms with van der Waals surface area (Å²) < 4.78 is 28.0. The normalized spacial score (nSPS) is 11.4. The molecule has 1 aromatic heterocycles. The molecule has 0 spiro atoms. The molecule has 0 fully saturated rings. The average molecular weight is 395 g/mol. The van der Waals surface area contributed by atoms with Crippen molar-refractivity contribution >= 4 is 38.2 Å². The van der Waals surface area contributed by atoms with Crippen molar-refractivity contribution in [3.63, 3.8) is 0 Å². The van der Waals surface area contributed by atoms with Gasteiger partial charge < -0.3 is 0 Å². The fourth-order valence-electron chi connectivity index (χ4n) is 2.94. The summed E-state index contributed by atoms with van der Waals surface area (Å²) >= 11 is 5.98. The van der Waals surface area contributed by atoms with Crippen LogP contribution in [0.3, 0.4) is 0 Å². The Kier molecular flexibility index (Phi) is 4.56. The van der Waals surface area contributed by atoms with Crippen molar-refractivity contribution in [3.8, 4) is 11.1 Å². The molecular formula is C21H15ClN2O2S. The van der Waals surface area contributed by atoms with Crippen molar-refractivity contribution in [2.45, 2.75) is 4.90 Å². The Labute approximate surface area is 162 Å². The van der Waals surface area contributed by atoms with Gasteiger partial charge in [-0.15, -0.1) is 0 Å². The van der Waals surface area contributed by atoms with E-state index in [0.717, 1.165) is 16.5 Å². The lowest BCUT2D eigenvalue weighted by Gasteiger charge is -2.13. The van der Waals surface area contributed by atoms with E-state index in [1.165, 1.54) is 0 Å². The summed E-state index contributed by atoms with van der Waals surface area (Å²) in [6.45, 7) is 0. The number of benzene rings is 3. The van der Waals surface area contributed by atoms with E-state index in [-0.39, 0.29) is 4.90 Å². The molecule has 134 valence electrons. The second kappa shape index (κ2) is 7.02. The average Bonchev–Trinajstić information content (AvgIpc) is 2.70. The van der Waals surface area contributed by atoms with Gasteiger partial charge in [-0.2, -0.15) is 0 Å². The van der Waals surface area contributed by atoms with Crippen molar-refractivity contribution < 1.29 is 8.42 Å². The zero-order valence-corrected chi connectivity index (χ0v) is 15.7. The molecule has 0 unspecified atom stereocenters. The van der Waals surface area contributed by atoms with Crippen LogP contribution in [0.4, 0.5) is 5.69 Å². The summed E-state index contributed by atoms with van der Waals surface area (Å²) in [6.07, 6.45) is 1.65. The SMILES string of the molecule is O=S(=O)(Nc1ccc(-c2ccc(Cl)cc2)c2cccnc12)c1ccccc1. The van der Waals surface area contributed by atoms with E-state index >= 15 is 0 Å². The molecule has 0 aliphatic rings. The topological polar surface area (TPSA) is 59.1 Å². The molecule has 4 rings (SSSR count). The highest BCUT2D eigenvalue weighted by atomic mass is 35.5. The number of halogens is 1. The Hall–Kier alpha value is -2.89. The smallest absolute Gasteiger partial charge is 0.261 e. The molecule has 0 amide bonds. The third kappa shape index (κ3) is 3.52. The summed E-state index contributed by atoms with van der Waals surface area (Å²) in [6, 6.07) is 23.1. The molecule has 0 aliphatic carbocycles. The molecule has 4 aromatic rings. The van der Waals surface area contributed by atoms with Gasteiger partial charge in [0.1, 0.15) is 0 Å². The Morgan fingerprint density at radius 2 is 1.56 bits per heavy atom. The highest BCUT2D eigenvalue weighted by molar-refractivity contribution is 7.92. The molecule has 27 heavy (non-hydrogen) atoms. The van der Waals surface area contributed by atoms with Crippen LogP contribution in [-0.2, 0) is 10.0 Å². The van der Waals surface area contributed by atoms with Gasteiger partial charge in [-0.05, 0) is 47.5 Å². The maximum absolute atomic E-state index is 12.7. The fraction of sp³-hybridized carbons (Fsp3) is 0. The number of nitrogens with one attached hydrogen (secondary N) is 1. The second-order valence-electron chi connectivity index (χ2n) is 5.99. The summed E-state index contributed by atoms with van der Waals surface area (Å²) in [5.41, 5.74) is 2.96. The van der Waals surface area contributed by atoms with Gasteiger partial charge in [0.15, 0.2) is 0 Å². The van der Waals surface area contributed by atoms with Gasteiger partial charge >= 0.3 is 0 Å². The van der Waals surface area contributed by atoms with Crippen molar-refractivity contribution in [2.75, 3.05) is 4.72 Å². The second-order valence-corrected chi connectivity index (χ2v) is 8.10. The summed E-state index contributed by atoms with van der Waals surface area (Å²) in [7, 11) is -3.70. The van der Waals surface area contributed by atoms with Crippen molar-refractivity contribution in [2.24, 2.45) is 0 Å². The van der Waals surface area contributed by atoms with E-state index in [4.69, 9.17) is 11.6 Å². The number of hydrogen-bond acceptors (Lipinski definition) is 3. The predicted molar refractivity (Wildman–Crippen MR) is 109 cm³/mol. The maximum Gasteiger partial charge on any atom is 0.261 e. The van der Waals surface area contributed by atoms with E-state index in [9.17, 15) is 8.42 Å². The van der Waals surface area contributed by atoms with E-state index in [2.05, 4.69) is 9.71 Å². The first kappa shape index (κ1) is 17.5. The number of hydrogen-bond donors (Lipinski definition) is 1. The number of nitrogens with zero attached hydrogens (tertiary/aromatic N) is 1. The molecule has 3 aromatic carbocycles. The van der Waals surface area contributed by atoms with E-state index in [1.807, 2.05) is 42.5 Å². The molecule has 0 aliphatic heterocycles. The van der Waals surface area contributed by atoms with Crippen LogP contribution >= 0.6 is 11.6 Å². The number of rotatable bonds is 4. The molecule has 4 nitrogen and oxygen atoms in total. The van der Waals surface area contributed by atoms with Gasteiger partial charge in [0.2, 0.25) is 0 Å². The molecule has 0 bridgehead atoms. The van der Waals surface area contributed by atoms with Gasteiger partial charge in [0.25, 0.3) is 10.0 Å². The quantitative estimate of drug-likeness (QED) is 0.507. The van der Waals surface area contributed by atoms with Gasteiger partial charge in [-0.3, -0.25) is 9.71 Å². The van der Waals surface area contributed by atoms with E-state index < -0.39 is 10.0 Å². The molecular weight excluding hydrogens is 380 g/mol. The van der Waals surface area contributed by atoms with Crippen LogP contribution in [0.15, 0.2) is 90.0 Å². The van der Waals surface area contributed by atoms with E-state index in [1.54, 1.807) is 42.6 Å². The molecule has 0 saturated carbocycles. The summed E-state index contributed by atoms with van der Waals surface area (Å²) in [5, 5.41) is 1.52. The van der Waals surface area contributed by atoms with Crippen LogP contribution in [0.25, 0.3) is 22.0 Å². The van der Waals surface area contributed by atoms with Crippen molar-refractivity contribution in [1.29, 1.82) is 0 Å². The first-order chi connectivity index (χ1) is 13.0. The Bertz CT molecular complexity index is 1210. The number of anilines is 1. The van der Waals surface area contributed by atoms with Gasteiger partial charge in [-0.25, -0.2) is 8.42 Å². The highest BCUT2D eigenvalue weighted by Crippen LogP contribution is 2.33. The first-order valence-corrected chi connectivity index (χ1v) is 10.1. The van der Waals surface area contributed by atoms with Crippen LogP contribution in [0.1, 0.15) is 0 Å². The number of aromatic nitrogens is 1. The standard InChI is InChI=1S/C21H15ClN2O2S/c22-16-10-8-15(9-11-16)18-12-13-20(21-19(18)7-4-14-23-21)24-27(25,26)17-5-2-1-3-6-17/h1-14,24H. The third-order valence-electron chi connectivity index (χ3n) is 4.22. The lowest BCUT2D eigenvalue weighted by atomic mass is 10.00. The lowest BCUT2D eigenvalue weighted by Crippen LogP contribution is -2.13. The molecule has 6 heteroatoms. The Balaban J connectivity index is 1.82. The van der Waals surface area contributed by atoms with Crippen LogP contribution < -0.4 is 4.72 Å². The minimum Gasteiger partial charge on any atom is -0.277 e. The summed E-state index contributed by atoms with van der Waals surface area (Å²) in [4.78, 5) is 4.61. The van der Waals surface area contributed by atoms with E-state index in [0.29, 0.717) is 16.2 Å². The Morgan fingerprint density at radius 3 is 2.30 bits per heavy atom. The van der Waals surface area contributed by atoms with Crippen LogP contribution in [-0.4, -0.2) is 13.4 Å². The molecule has 1 heterocycles. The van der Waals surface area contributed by atoms with Crippen molar-refractivity contribution in [1.82, 2.24) is 4.98 Å². The molecule has 0 saturated heterocycles. The number of fused-ring (bicyclic) bond motifs is 1. The zero-order valence-electron chi connectivity index (χ0n) is 14.1. The monoisotopic (exact) mass is 394 g/mol. The van der Waals surface area contributed by atoms with Crippen LogP contribution in [0.5, 0.6) is 0 Å². The molecule has 0 atom stereocenters. The van der Waals surface area contributed by atoms with Gasteiger partial charge in [0, 0.05) is 16.6 Å². The number of pyridine rings is 1. The minimum absolute atomic E-state index is 0.204. The van der Waals surface area contributed by atoms with Crippen LogP contribution in [0.2, 0.25) is 5.02 Å². The van der Waals surface area contributed by atoms with Crippen LogP contribution in [0, 0.1) is 0 Å². The minimum atomic E-state index is -3.70. The molecule has 1 N–H and O–H groups in total. The van der Waals surface area contributed by atoms with Gasteiger partial charge in [0.05, 0.1) is 16.1 Å². The predicted octanol–water partition coefficient (Wildman–Crippen LogP) is 5.36. The highest BCUT2D eigenvalue weighted by Gasteiger charge is 2.17. The lowest BCUT2D eigenvalue weighted by molar-refractivity contribution is 0.601. The first-order valence-electron chi connectivity index (χ1n) is 8.26. The third-order valence-corrected chi connectivity index (χ3v) is 5.86. The largest absolute Gasteiger partial charge is 0.277 e. The number of sulfonamides is 1.